The second kappa shape index (κ2) is 4.96. The monoisotopic (exact) mass is 228 g/mol. The highest BCUT2D eigenvalue weighted by Gasteiger charge is 2.29. The van der Waals surface area contributed by atoms with Crippen LogP contribution in [0.25, 0.3) is 6.08 Å². The molecule has 0 fully saturated rings. The van der Waals surface area contributed by atoms with E-state index in [1.807, 2.05) is 6.92 Å². The summed E-state index contributed by atoms with van der Waals surface area (Å²) in [5.74, 6) is 0. The number of carbonyl (C=O) groups excluding carboxylic acids is 1. The highest BCUT2D eigenvalue weighted by molar-refractivity contribution is 5.81. The molecular weight excluding hydrogens is 217 g/mol. The first-order valence-corrected chi connectivity index (χ1v) is 4.80. The zero-order valence-electron chi connectivity index (χ0n) is 8.71. The molecule has 1 rings (SSSR count). The van der Waals surface area contributed by atoms with Crippen LogP contribution >= 0.6 is 0 Å². The Hall–Kier alpha value is -1.58. The number of benzene rings is 1. The molecule has 0 N–H and O–H groups in total. The van der Waals surface area contributed by atoms with Crippen molar-refractivity contribution in [2.75, 3.05) is 0 Å². The highest BCUT2D eigenvalue weighted by atomic mass is 19.4. The van der Waals surface area contributed by atoms with Gasteiger partial charge in [-0.3, -0.25) is 4.79 Å². The zero-order chi connectivity index (χ0) is 12.2. The van der Waals surface area contributed by atoms with Crippen LogP contribution in [0.5, 0.6) is 0 Å². The van der Waals surface area contributed by atoms with Gasteiger partial charge in [-0.15, -0.1) is 0 Å². The minimum Gasteiger partial charge on any atom is -0.298 e. The molecule has 0 aliphatic carbocycles. The summed E-state index contributed by atoms with van der Waals surface area (Å²) in [7, 11) is 0. The van der Waals surface area contributed by atoms with Gasteiger partial charge < -0.3 is 0 Å². The fourth-order valence-corrected chi connectivity index (χ4v) is 1.20. The van der Waals surface area contributed by atoms with E-state index >= 15 is 0 Å². The molecule has 16 heavy (non-hydrogen) atoms. The van der Waals surface area contributed by atoms with Crippen LogP contribution in [-0.4, -0.2) is 6.29 Å². The van der Waals surface area contributed by atoms with Gasteiger partial charge in [-0.2, -0.15) is 13.2 Å². The van der Waals surface area contributed by atoms with Crippen LogP contribution in [0.2, 0.25) is 0 Å². The van der Waals surface area contributed by atoms with Crippen LogP contribution in [0, 0.1) is 0 Å². The summed E-state index contributed by atoms with van der Waals surface area (Å²) in [5.41, 5.74) is 0.463. The zero-order valence-corrected chi connectivity index (χ0v) is 8.71. The summed E-state index contributed by atoms with van der Waals surface area (Å²) in [5, 5.41) is 0. The lowest BCUT2D eigenvalue weighted by Crippen LogP contribution is -2.04. The summed E-state index contributed by atoms with van der Waals surface area (Å²) in [6, 6.07) is 4.71. The first-order valence-electron chi connectivity index (χ1n) is 4.80. The van der Waals surface area contributed by atoms with E-state index in [1.54, 1.807) is 6.08 Å². The van der Waals surface area contributed by atoms with Crippen LogP contribution in [0.3, 0.4) is 0 Å². The molecule has 0 aliphatic heterocycles. The normalized spacial score (nSPS) is 12.6. The highest BCUT2D eigenvalue weighted by Crippen LogP contribution is 2.29. The molecule has 0 heterocycles. The Morgan fingerprint density at radius 2 is 1.81 bits per heavy atom. The van der Waals surface area contributed by atoms with Gasteiger partial charge in [0.2, 0.25) is 0 Å². The van der Waals surface area contributed by atoms with E-state index in [2.05, 4.69) is 0 Å². The molecule has 86 valence electrons. The average Bonchev–Trinajstić information content (AvgIpc) is 2.25. The smallest absolute Gasteiger partial charge is 0.298 e. The van der Waals surface area contributed by atoms with Crippen molar-refractivity contribution >= 4 is 12.4 Å². The molecular formula is C12H11F3O. The van der Waals surface area contributed by atoms with Gasteiger partial charge in [0.25, 0.3) is 0 Å². The number of allylic oxidation sites excluding steroid dienone is 1. The molecule has 0 spiro atoms. The number of alkyl halides is 3. The van der Waals surface area contributed by atoms with E-state index in [0.29, 0.717) is 23.8 Å². The van der Waals surface area contributed by atoms with Gasteiger partial charge in [-0.05, 0) is 35.8 Å². The van der Waals surface area contributed by atoms with Crippen molar-refractivity contribution < 1.29 is 18.0 Å². The third kappa shape index (κ3) is 3.22. The number of hydrogen-bond acceptors (Lipinski definition) is 1. The van der Waals surface area contributed by atoms with E-state index in [1.165, 1.54) is 12.1 Å². The Morgan fingerprint density at radius 1 is 1.25 bits per heavy atom. The van der Waals surface area contributed by atoms with E-state index in [4.69, 9.17) is 0 Å². The Labute approximate surface area is 91.6 Å². The average molecular weight is 228 g/mol. The molecule has 0 amide bonds. The van der Waals surface area contributed by atoms with Crippen molar-refractivity contribution in [2.45, 2.75) is 19.5 Å². The molecule has 0 bridgehead atoms. The lowest BCUT2D eigenvalue weighted by molar-refractivity contribution is -0.137. The molecule has 1 aromatic rings. The molecule has 0 aromatic heterocycles. The summed E-state index contributed by atoms with van der Waals surface area (Å²) in [6.45, 7) is 1.81. The Bertz CT molecular complexity index is 388. The Balaban J connectivity index is 2.96. The minimum absolute atomic E-state index is 0.555. The molecule has 0 atom stereocenters. The fraction of sp³-hybridized carbons (Fsp3) is 0.250. The molecule has 1 nitrogen and oxygen atoms in total. The van der Waals surface area contributed by atoms with Crippen molar-refractivity contribution in [3.8, 4) is 0 Å². The first-order chi connectivity index (χ1) is 7.47. The van der Waals surface area contributed by atoms with Gasteiger partial charge in [0.15, 0.2) is 0 Å². The minimum atomic E-state index is -4.32. The number of hydrogen-bond donors (Lipinski definition) is 0. The lowest BCUT2D eigenvalue weighted by atomic mass is 10.1. The molecule has 0 unspecified atom stereocenters. The summed E-state index contributed by atoms with van der Waals surface area (Å²) in [6.07, 6.45) is -1.48. The SMILES string of the molecule is CCC(C=O)=Cc1ccc(C(F)(F)F)cc1. The Kier molecular flexibility index (Phi) is 3.88. The van der Waals surface area contributed by atoms with E-state index in [0.717, 1.165) is 12.1 Å². The Morgan fingerprint density at radius 3 is 2.19 bits per heavy atom. The van der Waals surface area contributed by atoms with E-state index in [-0.39, 0.29) is 0 Å². The number of halogens is 3. The van der Waals surface area contributed by atoms with Crippen molar-refractivity contribution in [2.24, 2.45) is 0 Å². The molecule has 4 heteroatoms. The number of rotatable bonds is 3. The molecule has 0 saturated heterocycles. The lowest BCUT2D eigenvalue weighted by Gasteiger charge is -2.06. The summed E-state index contributed by atoms with van der Waals surface area (Å²) < 4.78 is 36.7. The molecule has 0 radical (unpaired) electrons. The van der Waals surface area contributed by atoms with Crippen LogP contribution in [0.4, 0.5) is 13.2 Å². The van der Waals surface area contributed by atoms with E-state index < -0.39 is 11.7 Å². The maximum atomic E-state index is 12.2. The maximum Gasteiger partial charge on any atom is 0.416 e. The van der Waals surface area contributed by atoms with Gasteiger partial charge in [-0.25, -0.2) is 0 Å². The van der Waals surface area contributed by atoms with Crippen molar-refractivity contribution in [3.63, 3.8) is 0 Å². The van der Waals surface area contributed by atoms with Crippen LogP contribution in [0.1, 0.15) is 24.5 Å². The standard InChI is InChI=1S/C12H11F3O/c1-2-9(8-16)7-10-3-5-11(6-4-10)12(13,14)15/h3-8H,2H2,1H3. The number of carbonyl (C=O) groups is 1. The van der Waals surface area contributed by atoms with Gasteiger partial charge in [-0.1, -0.05) is 19.1 Å². The largest absolute Gasteiger partial charge is 0.416 e. The summed E-state index contributed by atoms with van der Waals surface area (Å²) in [4.78, 5) is 10.5. The van der Waals surface area contributed by atoms with Gasteiger partial charge >= 0.3 is 6.18 Å². The molecule has 0 saturated carbocycles. The predicted octanol–water partition coefficient (Wildman–Crippen LogP) is 3.70. The van der Waals surface area contributed by atoms with Crippen LogP contribution in [0.15, 0.2) is 29.8 Å². The topological polar surface area (TPSA) is 17.1 Å². The van der Waals surface area contributed by atoms with E-state index in [9.17, 15) is 18.0 Å². The van der Waals surface area contributed by atoms with Gasteiger partial charge in [0.1, 0.15) is 6.29 Å². The molecule has 1 aromatic carbocycles. The van der Waals surface area contributed by atoms with Gasteiger partial charge in [0.05, 0.1) is 5.56 Å². The second-order valence-electron chi connectivity index (χ2n) is 3.31. The van der Waals surface area contributed by atoms with Crippen LogP contribution < -0.4 is 0 Å². The van der Waals surface area contributed by atoms with Gasteiger partial charge in [0, 0.05) is 0 Å². The summed E-state index contributed by atoms with van der Waals surface area (Å²) >= 11 is 0. The quantitative estimate of drug-likeness (QED) is 0.569. The van der Waals surface area contributed by atoms with Crippen molar-refractivity contribution in [3.05, 3.63) is 41.0 Å². The second-order valence-corrected chi connectivity index (χ2v) is 3.31. The van der Waals surface area contributed by atoms with Crippen molar-refractivity contribution in [1.82, 2.24) is 0 Å². The third-order valence-corrected chi connectivity index (χ3v) is 2.15. The maximum absolute atomic E-state index is 12.2. The number of aldehydes is 1. The molecule has 0 aliphatic rings. The van der Waals surface area contributed by atoms with Crippen molar-refractivity contribution in [1.29, 1.82) is 0 Å². The fourth-order valence-electron chi connectivity index (χ4n) is 1.20. The predicted molar refractivity (Wildman–Crippen MR) is 55.8 cm³/mol. The first kappa shape index (κ1) is 12.5. The third-order valence-electron chi connectivity index (χ3n) is 2.15. The van der Waals surface area contributed by atoms with Crippen LogP contribution in [-0.2, 0) is 11.0 Å².